The molecule has 0 spiro atoms. The lowest BCUT2D eigenvalue weighted by atomic mass is 10.1. The lowest BCUT2D eigenvalue weighted by Crippen LogP contribution is -2.37. The van der Waals surface area contributed by atoms with E-state index >= 15 is 0 Å². The van der Waals surface area contributed by atoms with Crippen LogP contribution in [-0.2, 0) is 23.7 Å². The van der Waals surface area contributed by atoms with Gasteiger partial charge in [-0.15, -0.1) is 0 Å². The first-order valence-corrected chi connectivity index (χ1v) is 8.29. The Labute approximate surface area is 149 Å². The van der Waals surface area contributed by atoms with Gasteiger partial charge in [-0.05, 0) is 18.2 Å². The molecule has 2 aliphatic rings. The molecule has 4 rings (SSSR count). The van der Waals surface area contributed by atoms with Gasteiger partial charge in [0.1, 0.15) is 30.6 Å². The fraction of sp³-hybridized carbons (Fsp3) is 0.471. The SMILES string of the molecule is COC(=O)CO[C@@H]1CO[C@H]2[C@@H]1OC[C@@H]2Nc1nccc(-c2ccco2)n1. The third-order valence-corrected chi connectivity index (χ3v) is 4.39. The fourth-order valence-electron chi connectivity index (χ4n) is 3.12. The van der Waals surface area contributed by atoms with Gasteiger partial charge in [0.25, 0.3) is 0 Å². The zero-order chi connectivity index (χ0) is 17.9. The van der Waals surface area contributed by atoms with Crippen molar-refractivity contribution in [1.82, 2.24) is 9.97 Å². The van der Waals surface area contributed by atoms with Crippen molar-refractivity contribution in [3.05, 3.63) is 30.7 Å². The predicted octanol–water partition coefficient (Wildman–Crippen LogP) is 0.873. The smallest absolute Gasteiger partial charge is 0.331 e. The molecule has 0 bridgehead atoms. The van der Waals surface area contributed by atoms with Crippen LogP contribution in [0.4, 0.5) is 5.95 Å². The van der Waals surface area contributed by atoms with Gasteiger partial charge >= 0.3 is 5.97 Å². The minimum absolute atomic E-state index is 0.112. The van der Waals surface area contributed by atoms with Crippen molar-refractivity contribution in [2.45, 2.75) is 24.4 Å². The van der Waals surface area contributed by atoms with Crippen molar-refractivity contribution < 1.29 is 28.2 Å². The number of carbonyl (C=O) groups excluding carboxylic acids is 1. The molecule has 9 nitrogen and oxygen atoms in total. The molecule has 0 aliphatic carbocycles. The summed E-state index contributed by atoms with van der Waals surface area (Å²) < 4.78 is 27.1. The third kappa shape index (κ3) is 3.41. The van der Waals surface area contributed by atoms with E-state index in [0.29, 0.717) is 30.6 Å². The van der Waals surface area contributed by atoms with Gasteiger partial charge in [-0.2, -0.15) is 0 Å². The second-order valence-corrected chi connectivity index (χ2v) is 6.02. The number of fused-ring (bicyclic) bond motifs is 1. The molecule has 1 N–H and O–H groups in total. The average molecular weight is 361 g/mol. The maximum absolute atomic E-state index is 11.2. The largest absolute Gasteiger partial charge is 0.467 e. The molecule has 2 saturated heterocycles. The molecule has 4 heterocycles. The van der Waals surface area contributed by atoms with E-state index in [9.17, 15) is 4.79 Å². The highest BCUT2D eigenvalue weighted by atomic mass is 16.6. The second kappa shape index (κ2) is 7.40. The van der Waals surface area contributed by atoms with Crippen LogP contribution in [0.1, 0.15) is 0 Å². The van der Waals surface area contributed by atoms with Crippen LogP contribution >= 0.6 is 0 Å². The Hall–Kier alpha value is -2.49. The summed E-state index contributed by atoms with van der Waals surface area (Å²) in [6.45, 7) is 0.670. The van der Waals surface area contributed by atoms with Gasteiger partial charge in [-0.3, -0.25) is 0 Å². The Bertz CT molecular complexity index is 753. The molecule has 138 valence electrons. The van der Waals surface area contributed by atoms with E-state index in [-0.39, 0.29) is 31.0 Å². The quantitative estimate of drug-likeness (QED) is 0.750. The molecule has 2 aromatic rings. The maximum Gasteiger partial charge on any atom is 0.331 e. The third-order valence-electron chi connectivity index (χ3n) is 4.39. The maximum atomic E-state index is 11.2. The van der Waals surface area contributed by atoms with E-state index < -0.39 is 5.97 Å². The number of furan rings is 1. The van der Waals surface area contributed by atoms with Crippen molar-refractivity contribution in [3.63, 3.8) is 0 Å². The first kappa shape index (κ1) is 17.0. The number of hydrogen-bond donors (Lipinski definition) is 1. The molecule has 0 radical (unpaired) electrons. The summed E-state index contributed by atoms with van der Waals surface area (Å²) in [6.07, 6.45) is 2.51. The van der Waals surface area contributed by atoms with Crippen LogP contribution < -0.4 is 5.32 Å². The molecule has 0 saturated carbocycles. The highest BCUT2D eigenvalue weighted by Crippen LogP contribution is 2.30. The number of rotatable bonds is 6. The van der Waals surface area contributed by atoms with Gasteiger partial charge in [0.15, 0.2) is 5.76 Å². The summed E-state index contributed by atoms with van der Waals surface area (Å²) >= 11 is 0. The molecule has 2 aromatic heterocycles. The van der Waals surface area contributed by atoms with Crippen LogP contribution in [0.5, 0.6) is 0 Å². The Kier molecular flexibility index (Phi) is 4.83. The summed E-state index contributed by atoms with van der Waals surface area (Å²) in [5, 5.41) is 3.25. The Morgan fingerprint density at radius 2 is 2.19 bits per heavy atom. The number of ether oxygens (including phenoxy) is 4. The van der Waals surface area contributed by atoms with E-state index in [1.165, 1.54) is 7.11 Å². The molecule has 26 heavy (non-hydrogen) atoms. The van der Waals surface area contributed by atoms with Crippen molar-refractivity contribution in [3.8, 4) is 11.5 Å². The molecule has 2 fully saturated rings. The van der Waals surface area contributed by atoms with E-state index in [2.05, 4.69) is 20.0 Å². The highest BCUT2D eigenvalue weighted by Gasteiger charge is 2.48. The number of anilines is 1. The van der Waals surface area contributed by atoms with Crippen LogP contribution in [-0.4, -0.2) is 67.2 Å². The number of carbonyl (C=O) groups is 1. The minimum atomic E-state index is -0.427. The Morgan fingerprint density at radius 3 is 3.00 bits per heavy atom. The molecular formula is C17H19N3O6. The molecule has 9 heteroatoms. The lowest BCUT2D eigenvalue weighted by molar-refractivity contribution is -0.149. The zero-order valence-electron chi connectivity index (χ0n) is 14.2. The average Bonchev–Trinajstić information content (AvgIpc) is 3.39. The minimum Gasteiger partial charge on any atom is -0.467 e. The number of hydrogen-bond acceptors (Lipinski definition) is 9. The van der Waals surface area contributed by atoms with Crippen molar-refractivity contribution in [2.24, 2.45) is 0 Å². The van der Waals surface area contributed by atoms with Crippen LogP contribution in [0.3, 0.4) is 0 Å². The first-order valence-electron chi connectivity index (χ1n) is 8.29. The molecular weight excluding hydrogens is 342 g/mol. The summed E-state index contributed by atoms with van der Waals surface area (Å²) in [5.41, 5.74) is 0.689. The van der Waals surface area contributed by atoms with Crippen LogP contribution in [0.2, 0.25) is 0 Å². The number of aromatic nitrogens is 2. The fourth-order valence-corrected chi connectivity index (χ4v) is 3.12. The zero-order valence-corrected chi connectivity index (χ0v) is 14.2. The standard InChI is InChI=1S/C17H19N3O6/c1-22-14(21)9-24-13-8-26-15-11(7-25-16(13)15)20-17-18-5-4-10(19-17)12-3-2-6-23-12/h2-6,11,13,15-16H,7-9H2,1H3,(H,18,19,20)/t11-,13+,15+,16+/m0/s1. The van der Waals surface area contributed by atoms with Gasteiger partial charge in [0, 0.05) is 6.20 Å². The monoisotopic (exact) mass is 361 g/mol. The first-order chi connectivity index (χ1) is 12.7. The number of methoxy groups -OCH3 is 1. The van der Waals surface area contributed by atoms with Gasteiger partial charge in [-0.1, -0.05) is 0 Å². The Morgan fingerprint density at radius 1 is 1.31 bits per heavy atom. The number of nitrogens with zero attached hydrogens (tertiary/aromatic N) is 2. The van der Waals surface area contributed by atoms with Crippen molar-refractivity contribution in [2.75, 3.05) is 32.2 Å². The van der Waals surface area contributed by atoms with Gasteiger partial charge in [0.2, 0.25) is 5.95 Å². The molecule has 0 amide bonds. The summed E-state index contributed by atoms with van der Waals surface area (Å²) in [6, 6.07) is 5.31. The van der Waals surface area contributed by atoms with Crippen LogP contribution in [0, 0.1) is 0 Å². The number of nitrogens with one attached hydrogen (secondary N) is 1. The second-order valence-electron chi connectivity index (χ2n) is 6.02. The van der Waals surface area contributed by atoms with E-state index in [1.807, 2.05) is 6.07 Å². The van der Waals surface area contributed by atoms with E-state index in [1.54, 1.807) is 24.6 Å². The van der Waals surface area contributed by atoms with Gasteiger partial charge in [-0.25, -0.2) is 14.8 Å². The van der Waals surface area contributed by atoms with Crippen molar-refractivity contribution in [1.29, 1.82) is 0 Å². The Balaban J connectivity index is 1.38. The molecule has 2 aliphatic heterocycles. The van der Waals surface area contributed by atoms with E-state index in [0.717, 1.165) is 0 Å². The molecule has 0 unspecified atom stereocenters. The van der Waals surface area contributed by atoms with Crippen molar-refractivity contribution >= 4 is 11.9 Å². The van der Waals surface area contributed by atoms with Crippen LogP contribution in [0.25, 0.3) is 11.5 Å². The summed E-state index contributed by atoms with van der Waals surface area (Å²) in [5.74, 6) is 0.712. The summed E-state index contributed by atoms with van der Waals surface area (Å²) in [4.78, 5) is 19.9. The van der Waals surface area contributed by atoms with Gasteiger partial charge < -0.3 is 28.7 Å². The highest BCUT2D eigenvalue weighted by molar-refractivity contribution is 5.70. The molecule has 4 atom stereocenters. The van der Waals surface area contributed by atoms with E-state index in [4.69, 9.17) is 18.6 Å². The summed E-state index contributed by atoms with van der Waals surface area (Å²) in [7, 11) is 1.32. The number of esters is 1. The topological polar surface area (TPSA) is 105 Å². The molecule has 0 aromatic carbocycles. The lowest BCUT2D eigenvalue weighted by Gasteiger charge is -2.17. The van der Waals surface area contributed by atoms with Crippen LogP contribution in [0.15, 0.2) is 35.1 Å². The normalized spacial score (nSPS) is 27.3. The predicted molar refractivity (Wildman–Crippen MR) is 88.4 cm³/mol. The van der Waals surface area contributed by atoms with Gasteiger partial charge in [0.05, 0.1) is 32.6 Å².